The molecule has 656 valence electrons. The molecule has 0 saturated heterocycles. The van der Waals surface area contributed by atoms with E-state index in [2.05, 4.69) is 293 Å². The van der Waals surface area contributed by atoms with E-state index in [1.54, 1.807) is 0 Å². The molecule has 0 atom stereocenters. The Labute approximate surface area is 806 Å². The first-order valence-electron chi connectivity index (χ1n) is 47.4. The predicted octanol–water partition coefficient (Wildman–Crippen LogP) is 31.3. The van der Waals surface area contributed by atoms with Crippen LogP contribution in [0.3, 0.4) is 0 Å². The minimum absolute atomic E-state index is 0.111. The monoisotopic (exact) mass is 1790 g/mol. The summed E-state index contributed by atoms with van der Waals surface area (Å²) < 4.78 is 19.3. The highest BCUT2D eigenvalue weighted by Crippen LogP contribution is 2.64. The zero-order valence-corrected chi connectivity index (χ0v) is 76.1. The van der Waals surface area contributed by atoms with Crippen LogP contribution in [-0.4, -0.2) is 44.9 Å². The summed E-state index contributed by atoms with van der Waals surface area (Å²) in [5.74, 6) is 5.48. The Bertz CT molecular complexity index is 8910. The quantitative estimate of drug-likeness (QED) is 0.121. The van der Waals surface area contributed by atoms with Gasteiger partial charge in [-0.25, -0.2) is 44.9 Å². The Morgan fingerprint density at radius 1 is 0.157 bits per heavy atom. The van der Waals surface area contributed by atoms with Gasteiger partial charge in [0.1, 0.15) is 33.5 Å². The molecule has 0 radical (unpaired) electrons. The number of fused-ring (bicyclic) bond motifs is 25. The summed E-state index contributed by atoms with van der Waals surface area (Å²) in [7, 11) is 0. The second-order valence-corrected chi connectivity index (χ2v) is 36.7. The zero-order valence-electron chi connectivity index (χ0n) is 76.1. The topological polar surface area (TPSA) is 155 Å². The van der Waals surface area contributed by atoms with Gasteiger partial charge in [-0.1, -0.05) is 414 Å². The van der Waals surface area contributed by atoms with Crippen molar-refractivity contribution in [2.24, 2.45) is 0 Å². The normalized spacial score (nSPS) is 13.2. The fourth-order valence-electron chi connectivity index (χ4n) is 22.5. The fraction of sp³-hybridized carbons (Fsp3) is 0.0391. The number of aromatic nitrogens is 9. The third-order valence-corrected chi connectivity index (χ3v) is 28.8. The molecule has 25 aromatic rings. The molecule has 0 aliphatic heterocycles. The maximum absolute atomic E-state index is 6.45. The van der Waals surface area contributed by atoms with Crippen LogP contribution in [0.5, 0.6) is 0 Å². The molecule has 0 fully saturated rings. The molecule has 6 aromatic heterocycles. The first-order valence-corrected chi connectivity index (χ1v) is 47.4. The molecule has 4 aliphatic carbocycles. The molecule has 0 bridgehead atoms. The van der Waals surface area contributed by atoms with Crippen molar-refractivity contribution < 1.29 is 13.3 Å². The van der Waals surface area contributed by atoms with Gasteiger partial charge in [0, 0.05) is 71.1 Å². The van der Waals surface area contributed by atoms with Crippen molar-refractivity contribution in [3.63, 3.8) is 0 Å². The molecule has 29 rings (SSSR count). The fourth-order valence-corrected chi connectivity index (χ4v) is 22.5. The second kappa shape index (κ2) is 32.4. The summed E-state index contributed by atoms with van der Waals surface area (Å²) in [4.78, 5) is 45.9. The molecule has 0 amide bonds. The van der Waals surface area contributed by atoms with E-state index in [1.165, 1.54) is 100 Å². The van der Waals surface area contributed by atoms with Gasteiger partial charge in [0.05, 0.1) is 27.5 Å². The molecule has 140 heavy (non-hydrogen) atoms. The lowest BCUT2D eigenvalue weighted by molar-refractivity contribution is 0.660. The Morgan fingerprint density at radius 2 is 0.386 bits per heavy atom. The van der Waals surface area contributed by atoms with Gasteiger partial charge in [0.25, 0.3) is 0 Å². The first-order chi connectivity index (χ1) is 69.1. The summed E-state index contributed by atoms with van der Waals surface area (Å²) in [6.45, 7) is 4.58. The minimum Gasteiger partial charge on any atom is -0.455 e. The summed E-state index contributed by atoms with van der Waals surface area (Å²) in [6.07, 6.45) is 0. The predicted molar refractivity (Wildman–Crippen MR) is 561 cm³/mol. The van der Waals surface area contributed by atoms with Gasteiger partial charge >= 0.3 is 0 Å². The third-order valence-electron chi connectivity index (χ3n) is 28.8. The van der Waals surface area contributed by atoms with Crippen molar-refractivity contribution in [1.82, 2.24) is 44.9 Å². The Kier molecular flexibility index (Phi) is 18.8. The number of rotatable bonds is 11. The van der Waals surface area contributed by atoms with Crippen molar-refractivity contribution in [2.45, 2.75) is 30.1 Å². The van der Waals surface area contributed by atoms with Crippen LogP contribution in [0.4, 0.5) is 0 Å². The van der Waals surface area contributed by atoms with Gasteiger partial charge in [-0.2, -0.15) is 0 Å². The molecular formula is C128H81N9O3. The number of hydrogen-bond acceptors (Lipinski definition) is 12. The van der Waals surface area contributed by atoms with E-state index in [0.29, 0.717) is 52.4 Å². The van der Waals surface area contributed by atoms with Gasteiger partial charge in [-0.05, 0) is 155 Å². The lowest BCUT2D eigenvalue weighted by atomic mass is 9.67. The average molecular weight is 1790 g/mol. The lowest BCUT2D eigenvalue weighted by Gasteiger charge is -2.34. The number of benzene rings is 19. The van der Waals surface area contributed by atoms with Crippen LogP contribution in [0, 0.1) is 0 Å². The Morgan fingerprint density at radius 3 is 0.729 bits per heavy atom. The van der Waals surface area contributed by atoms with Crippen LogP contribution in [-0.2, 0) is 16.2 Å². The van der Waals surface area contributed by atoms with Gasteiger partial charge in [-0.3, -0.25) is 0 Å². The van der Waals surface area contributed by atoms with Gasteiger partial charge in [0.2, 0.25) is 0 Å². The number of furan rings is 3. The summed E-state index contributed by atoms with van der Waals surface area (Å²) in [5, 5.41) is 6.34. The number of hydrogen-bond donors (Lipinski definition) is 0. The van der Waals surface area contributed by atoms with Crippen LogP contribution in [0.1, 0.15) is 69.5 Å². The summed E-state index contributed by atoms with van der Waals surface area (Å²) in [6, 6.07) is 159. The number of para-hydroxylation sites is 6. The summed E-state index contributed by atoms with van der Waals surface area (Å²) >= 11 is 0. The molecule has 0 unspecified atom stereocenters. The van der Waals surface area contributed by atoms with E-state index in [9.17, 15) is 0 Å². The average Bonchev–Trinajstić information content (AvgIpc) is 1.51. The second-order valence-electron chi connectivity index (χ2n) is 36.7. The van der Waals surface area contributed by atoms with Crippen molar-refractivity contribution in [3.05, 3.63) is 511 Å². The molecule has 12 heteroatoms. The van der Waals surface area contributed by atoms with E-state index in [4.69, 9.17) is 58.1 Å². The van der Waals surface area contributed by atoms with E-state index in [0.717, 1.165) is 116 Å². The van der Waals surface area contributed by atoms with Crippen molar-refractivity contribution in [2.75, 3.05) is 0 Å². The van der Waals surface area contributed by atoms with Crippen molar-refractivity contribution >= 4 is 65.8 Å². The number of nitrogens with zero attached hydrogens (tertiary/aromatic N) is 9. The molecule has 0 saturated carbocycles. The molecule has 1 spiro atoms. The van der Waals surface area contributed by atoms with E-state index in [-0.39, 0.29) is 5.41 Å². The van der Waals surface area contributed by atoms with Crippen LogP contribution in [0.15, 0.2) is 468 Å². The Hall–Kier alpha value is -18.4. The maximum atomic E-state index is 6.45. The van der Waals surface area contributed by atoms with Crippen LogP contribution >= 0.6 is 0 Å². The van der Waals surface area contributed by atoms with Crippen molar-refractivity contribution in [3.8, 4) is 147 Å². The highest BCUT2D eigenvalue weighted by molar-refractivity contribution is 6.12. The van der Waals surface area contributed by atoms with E-state index < -0.39 is 10.8 Å². The zero-order chi connectivity index (χ0) is 92.7. The standard InChI is InChI=1S/C46H27N3O.C46H29N3O.C36H25N3O/c1-2-13-28(14-3-1)43-47-44(49-45(48-43)36-20-12-19-35-34-18-7-11-24-41(34)50-42(35)36)29-25-26-33-32-17-6-10-23-39(32)46(40(33)27-29)37-21-8-4-15-30(37)31-16-5-9-22-38(31)46;1-4-15-30(16-5-1)43-47-44(49-45(48-43)38-24-14-23-37-36-22-11-13-26-41(36)50-42(37)38)31-27-28-35-34-21-10-12-25-39(34)46(40(35)29-31,32-17-6-2-7-18-32)33-19-8-3-9-20-33;1-36(2)29-17-8-6-13-24(29)25-20-19-23(21-30(25)36)34-37-33(22-11-4-3-5-12-22)38-35(39-34)28-16-10-15-27-26-14-7-9-18-31(26)40-32(27)28/h1-27H;1-29H;3-21H,1-2H3. The molecule has 19 aromatic carbocycles. The Balaban J connectivity index is 0.000000106. The smallest absolute Gasteiger partial charge is 0.167 e. The lowest BCUT2D eigenvalue weighted by Crippen LogP contribution is -2.28. The minimum atomic E-state index is -0.525. The third kappa shape index (κ3) is 12.8. The van der Waals surface area contributed by atoms with Gasteiger partial charge in [-0.15, -0.1) is 0 Å². The molecule has 0 N–H and O–H groups in total. The van der Waals surface area contributed by atoms with Crippen molar-refractivity contribution in [1.29, 1.82) is 0 Å². The SMILES string of the molecule is CC1(C)c2ccccc2-c2ccc(-c3nc(-c4ccccc4)nc(-c4cccc5c4oc4ccccc45)n3)cc21.c1ccc(-c2nc(-c3ccc4c(c3)C(c3ccccc3)(c3ccccc3)c3ccccc3-4)nc(-c3cccc4c3oc3ccccc34)n2)cc1.c1ccc(-c2nc(-c3ccc4c(c3)C3(c5ccccc5-c5ccccc53)c3ccccc3-4)nc(-c3cccc4c3oc3ccccc34)n2)cc1. The maximum Gasteiger partial charge on any atom is 0.167 e. The van der Waals surface area contributed by atoms with Crippen LogP contribution in [0.25, 0.3) is 213 Å². The highest BCUT2D eigenvalue weighted by Gasteiger charge is 2.52. The highest BCUT2D eigenvalue weighted by atomic mass is 16.3. The first kappa shape index (κ1) is 81.2. The van der Waals surface area contributed by atoms with E-state index in [1.807, 2.05) is 176 Å². The van der Waals surface area contributed by atoms with Gasteiger partial charge in [0.15, 0.2) is 52.4 Å². The van der Waals surface area contributed by atoms with E-state index >= 15 is 0 Å². The van der Waals surface area contributed by atoms with Crippen LogP contribution in [0.2, 0.25) is 0 Å². The molecule has 4 aliphatic rings. The molecule has 12 nitrogen and oxygen atoms in total. The van der Waals surface area contributed by atoms with Crippen LogP contribution < -0.4 is 0 Å². The largest absolute Gasteiger partial charge is 0.455 e. The summed E-state index contributed by atoms with van der Waals surface area (Å²) in [5.41, 5.74) is 34.7. The van der Waals surface area contributed by atoms with Gasteiger partial charge < -0.3 is 13.3 Å². The molecular weight excluding hydrogens is 1710 g/mol. The molecule has 6 heterocycles.